The van der Waals surface area contributed by atoms with Gasteiger partial charge in [-0.2, -0.15) is 0 Å². The average molecular weight is 1020 g/mol. The van der Waals surface area contributed by atoms with Crippen molar-refractivity contribution in [2.75, 3.05) is 19.7 Å². The molecule has 6 N–H and O–H groups in total. The van der Waals surface area contributed by atoms with Crippen molar-refractivity contribution in [3.8, 4) is 11.1 Å². The van der Waals surface area contributed by atoms with E-state index in [0.717, 1.165) is 27.8 Å². The number of amides is 4. The fraction of sp³-hybridized carbons (Fsp3) is 0.529. The van der Waals surface area contributed by atoms with Crippen molar-refractivity contribution in [3.63, 3.8) is 0 Å². The molecule has 3 aromatic carbocycles. The summed E-state index contributed by atoms with van der Waals surface area (Å²) in [5, 5.41) is 35.5. The molecule has 0 bridgehead atoms. The van der Waals surface area contributed by atoms with Crippen molar-refractivity contribution in [1.82, 2.24) is 20.9 Å². The van der Waals surface area contributed by atoms with Crippen LogP contribution in [0.1, 0.15) is 133 Å². The van der Waals surface area contributed by atoms with Crippen molar-refractivity contribution >= 4 is 57.9 Å². The van der Waals surface area contributed by atoms with Crippen LogP contribution in [0.15, 0.2) is 72.8 Å². The number of unbranched alkanes of at least 4 members (excludes halogenated alkanes) is 5. The molecule has 0 saturated heterocycles. The zero-order valence-corrected chi connectivity index (χ0v) is 42.0. The van der Waals surface area contributed by atoms with Crippen LogP contribution >= 0.6 is 0 Å². The van der Waals surface area contributed by atoms with Gasteiger partial charge in [-0.05, 0) is 28.7 Å². The number of fused-ring (bicyclic) bond motifs is 3. The molecule has 3 aromatic rings. The van der Waals surface area contributed by atoms with Gasteiger partial charge in [0.2, 0.25) is 0 Å². The summed E-state index contributed by atoms with van der Waals surface area (Å²) in [5.41, 5.74) is 5.59. The second-order valence-electron chi connectivity index (χ2n) is 17.6. The molecule has 2 atom stereocenters. The number of alkyl carbamates (subject to hydrolysis) is 1. The topological polar surface area (TPSA) is 212 Å². The van der Waals surface area contributed by atoms with E-state index in [9.17, 15) is 39.0 Å². The predicted molar refractivity (Wildman–Crippen MR) is 259 cm³/mol. The van der Waals surface area contributed by atoms with Crippen molar-refractivity contribution in [3.05, 3.63) is 89.5 Å². The van der Waals surface area contributed by atoms with Gasteiger partial charge in [-0.1, -0.05) is 48.5 Å². The Morgan fingerprint density at radius 3 is 1.73 bits per heavy atom. The number of hydrogen-bond acceptors (Lipinski definition) is 7. The zero-order valence-electron chi connectivity index (χ0n) is 39.2. The molecule has 15 heteroatoms. The number of carbonyl (C=O) groups excluding carboxylic acids is 3. The number of carboxylic acids is 3. The van der Waals surface area contributed by atoms with Crippen molar-refractivity contribution in [1.29, 1.82) is 0 Å². The van der Waals surface area contributed by atoms with Crippen LogP contribution in [0.2, 0.25) is 13.3 Å². The Labute approximate surface area is 394 Å². The van der Waals surface area contributed by atoms with Crippen LogP contribution in [-0.2, 0) is 30.5 Å². The normalized spacial score (nSPS) is 12.9. The molecule has 0 aliphatic heterocycles. The zero-order chi connectivity index (χ0) is 47.9. The maximum atomic E-state index is 13.9. The van der Waals surface area contributed by atoms with Gasteiger partial charge in [0, 0.05) is 12.3 Å². The van der Waals surface area contributed by atoms with Gasteiger partial charge in [-0.15, -0.1) is 0 Å². The Balaban J connectivity index is 1.36. The first-order chi connectivity index (χ1) is 31.8. The minimum absolute atomic E-state index is 0.0241. The van der Waals surface area contributed by atoms with Crippen molar-refractivity contribution in [2.24, 2.45) is 0 Å². The van der Waals surface area contributed by atoms with Gasteiger partial charge in [0.1, 0.15) is 12.6 Å². The Morgan fingerprint density at radius 2 is 1.20 bits per heavy atom. The van der Waals surface area contributed by atoms with Gasteiger partial charge < -0.3 is 25.4 Å². The molecule has 0 heterocycles. The molecule has 0 saturated carbocycles. The molecule has 4 amide bonds. The fourth-order valence-electron chi connectivity index (χ4n) is 9.02. The van der Waals surface area contributed by atoms with E-state index in [1.54, 1.807) is 8.48 Å². The first kappa shape index (κ1) is 53.5. The Hall–Kier alpha value is -5.12. The Bertz CT molecular complexity index is 1980. The minimum atomic E-state index is -2.67. The Morgan fingerprint density at radius 1 is 0.652 bits per heavy atom. The van der Waals surface area contributed by atoms with Gasteiger partial charge >= 0.3 is 245 Å². The summed E-state index contributed by atoms with van der Waals surface area (Å²) in [6.45, 7) is 8.10. The van der Waals surface area contributed by atoms with Gasteiger partial charge in [-0.3, -0.25) is 4.79 Å². The first-order valence-corrected chi connectivity index (χ1v) is 31.5. The first-order valence-electron chi connectivity index (χ1n) is 24.0. The monoisotopic (exact) mass is 1020 g/mol. The van der Waals surface area contributed by atoms with Crippen molar-refractivity contribution in [2.45, 2.75) is 149 Å². The summed E-state index contributed by atoms with van der Waals surface area (Å²) in [7, 11) is 0. The molecule has 1 aliphatic rings. The van der Waals surface area contributed by atoms with Crippen LogP contribution in [-0.4, -0.2) is 106 Å². The molecule has 0 unspecified atom stereocenters. The van der Waals surface area contributed by atoms with Crippen molar-refractivity contribution < 1.29 is 48.8 Å². The van der Waals surface area contributed by atoms with Gasteiger partial charge in [0.15, 0.2) is 0 Å². The summed E-state index contributed by atoms with van der Waals surface area (Å²) in [5.74, 6) is -4.07. The number of carboxylic acid groups (broad SMARTS) is 3. The van der Waals surface area contributed by atoms with E-state index in [2.05, 4.69) is 85.3 Å². The van der Waals surface area contributed by atoms with Crippen LogP contribution in [0, 0.1) is 0 Å². The number of carbonyl (C=O) groups is 6. The fourth-order valence-corrected chi connectivity index (χ4v) is 24.9. The van der Waals surface area contributed by atoms with E-state index >= 15 is 0 Å². The molecule has 0 spiro atoms. The average Bonchev–Trinajstić information content (AvgIpc) is 3.63. The van der Waals surface area contributed by atoms with Crippen LogP contribution < -0.4 is 19.5 Å². The number of benzene rings is 3. The molecule has 0 aromatic heterocycles. The standard InChI is InChI=1S/C39H45N4O10.3C4H9.Sn/c44-34(19-8-10-22-40-39(52)53-25-31-29-16-6-4-14-27(29)28-15-5-7-17-30(28)31)43(24-26-12-2-1-3-13-26)23-11-9-18-32(36(47)48)41-38(51)42-33(37(49)50)20-21-35(45)46;3*1-3-4-2;/h2-7,12-17,31-33H,8-11,18-25H2,(H,40,52)(H,45,46)(H,47,48)(H,49,50)(H2,41,42,51);3*1,3-4H2,2H3;/t32-,33-;;;;/m0..../s1. The van der Waals surface area contributed by atoms with E-state index in [1.165, 1.54) is 51.8 Å². The summed E-state index contributed by atoms with van der Waals surface area (Å²) in [4.78, 5) is 75.6. The van der Waals surface area contributed by atoms with Gasteiger partial charge in [0.25, 0.3) is 0 Å². The summed E-state index contributed by atoms with van der Waals surface area (Å²) in [6.07, 6.45) is 8.14. The summed E-state index contributed by atoms with van der Waals surface area (Å²) < 4.78 is 11.3. The molecular weight excluding hydrogens is 947 g/mol. The third-order valence-electron chi connectivity index (χ3n) is 12.8. The number of ether oxygens (including phenoxy) is 1. The van der Waals surface area contributed by atoms with E-state index in [1.807, 2.05) is 24.3 Å². The number of nitrogens with one attached hydrogen (secondary N) is 3. The second kappa shape index (κ2) is 28.1. The number of aliphatic carboxylic acids is 3. The number of nitrogens with zero attached hydrogens (tertiary/aromatic N) is 1. The van der Waals surface area contributed by atoms with Gasteiger partial charge in [0.05, 0.1) is 0 Å². The Kier molecular flexibility index (Phi) is 22.8. The maximum absolute atomic E-state index is 13.9. The quantitative estimate of drug-likeness (QED) is 0.0266. The summed E-state index contributed by atoms with van der Waals surface area (Å²) >= 11 is -2.67. The third-order valence-corrected chi connectivity index (χ3v) is 28.4. The molecular formula is C51H72N4O10Sn. The van der Waals surface area contributed by atoms with E-state index in [-0.39, 0.29) is 37.7 Å². The molecule has 0 fully saturated rings. The van der Waals surface area contributed by atoms with E-state index in [0.29, 0.717) is 45.3 Å². The van der Waals surface area contributed by atoms with Crippen LogP contribution in [0.5, 0.6) is 0 Å². The number of rotatable bonds is 31. The molecule has 360 valence electrons. The second-order valence-corrected chi connectivity index (χ2v) is 30.9. The SMILES string of the molecule is CCC[CH2][Sn]([CH2]CCC)([CH2]CCC)[c]1ccc(CN(CCCC[C@H](NC(=O)N[C@@H](CCC(=O)O)C(=O)O)C(=O)O)C(=O)CCCCNC(=O)OCC2c3ccccc3-c3ccccc32)cc1. The molecule has 4 rings (SSSR count). The van der Waals surface area contributed by atoms with Crippen LogP contribution in [0.3, 0.4) is 0 Å². The van der Waals surface area contributed by atoms with Crippen LogP contribution in [0.25, 0.3) is 11.1 Å². The van der Waals surface area contributed by atoms with E-state index in [4.69, 9.17) is 9.84 Å². The predicted octanol–water partition coefficient (Wildman–Crippen LogP) is 9.02. The summed E-state index contributed by atoms with van der Waals surface area (Å²) in [6, 6.07) is 21.5. The third kappa shape index (κ3) is 16.6. The molecule has 1 aliphatic carbocycles. The van der Waals surface area contributed by atoms with Gasteiger partial charge in [-0.25, -0.2) is 19.2 Å². The van der Waals surface area contributed by atoms with E-state index < -0.39 is 66.9 Å². The molecule has 66 heavy (non-hydrogen) atoms. The molecule has 0 radical (unpaired) electrons. The number of hydrogen-bond donors (Lipinski definition) is 6. The number of urea groups is 1. The molecule has 14 nitrogen and oxygen atoms in total. The van der Waals surface area contributed by atoms with Crippen LogP contribution in [0.4, 0.5) is 9.59 Å².